The number of benzene rings is 3. The van der Waals surface area contributed by atoms with E-state index in [0.717, 1.165) is 33.5 Å². The number of aromatic amines is 1. The fourth-order valence-corrected chi connectivity index (χ4v) is 5.60. The molecule has 10 nitrogen and oxygen atoms in total. The van der Waals surface area contributed by atoms with Gasteiger partial charge in [0, 0.05) is 44.3 Å². The first-order valence-corrected chi connectivity index (χ1v) is 16.1. The van der Waals surface area contributed by atoms with Crippen molar-refractivity contribution >= 4 is 28.4 Å². The molecule has 0 aliphatic rings. The second kappa shape index (κ2) is 16.4. The number of aromatic nitrogens is 3. The van der Waals surface area contributed by atoms with Crippen molar-refractivity contribution in [2.75, 3.05) is 25.1 Å². The molecule has 5 aromatic rings. The van der Waals surface area contributed by atoms with Gasteiger partial charge < -0.3 is 30.6 Å². The number of rotatable bonds is 16. The zero-order valence-electron chi connectivity index (χ0n) is 27.2. The van der Waals surface area contributed by atoms with Gasteiger partial charge in [-0.15, -0.1) is 0 Å². The third kappa shape index (κ3) is 8.95. The van der Waals surface area contributed by atoms with Crippen molar-refractivity contribution in [1.82, 2.24) is 30.9 Å². The number of carbonyl (C=O) groups is 2. The zero-order valence-corrected chi connectivity index (χ0v) is 27.2. The lowest BCUT2D eigenvalue weighted by Crippen LogP contribution is -2.47. The lowest BCUT2D eigenvalue weighted by atomic mass is 9.99. The second-order valence-corrected chi connectivity index (χ2v) is 11.5. The molecule has 10 heteroatoms. The standard InChI is InChI=1S/C37H43N7O3/c1-4-47-33-15-8-20-41-35(33)44(3)23-9-14-32(37(46)42-26(2)30-13-7-11-28-10-5-6-12-31(28)30)43-36(45)29-18-16-27(17-19-29)24-38-25-34-39-21-22-40-34/h5-8,10-13,15-22,26,32,38H,4,9,14,23-25H2,1-3H3,(H,39,40)(H,42,46)(H,43,45)/t26-,32-/m0/s1. The van der Waals surface area contributed by atoms with Crippen molar-refractivity contribution in [2.45, 2.75) is 51.9 Å². The molecule has 0 aliphatic heterocycles. The molecule has 0 spiro atoms. The van der Waals surface area contributed by atoms with Gasteiger partial charge in [-0.25, -0.2) is 9.97 Å². The average Bonchev–Trinajstić information content (AvgIpc) is 3.61. The molecule has 0 aliphatic carbocycles. The average molecular weight is 634 g/mol. The van der Waals surface area contributed by atoms with E-state index in [0.29, 0.717) is 50.4 Å². The number of pyridine rings is 1. The summed E-state index contributed by atoms with van der Waals surface area (Å²) in [6.07, 6.45) is 6.33. The van der Waals surface area contributed by atoms with Crippen LogP contribution in [-0.2, 0) is 17.9 Å². The van der Waals surface area contributed by atoms with Gasteiger partial charge in [-0.05, 0) is 72.9 Å². The number of fused-ring (bicyclic) bond motifs is 1. The van der Waals surface area contributed by atoms with Crippen LogP contribution in [0, 0.1) is 0 Å². The van der Waals surface area contributed by atoms with E-state index in [2.05, 4.69) is 49.1 Å². The van der Waals surface area contributed by atoms with Crippen molar-refractivity contribution in [3.8, 4) is 5.75 Å². The number of H-pyrrole nitrogens is 1. The summed E-state index contributed by atoms with van der Waals surface area (Å²) in [4.78, 5) is 41.0. The van der Waals surface area contributed by atoms with Crippen LogP contribution in [0.4, 0.5) is 5.82 Å². The van der Waals surface area contributed by atoms with Gasteiger partial charge in [0.05, 0.1) is 19.2 Å². The maximum atomic E-state index is 13.8. The highest BCUT2D eigenvalue weighted by Crippen LogP contribution is 2.26. The molecule has 0 unspecified atom stereocenters. The molecule has 2 atom stereocenters. The molecule has 244 valence electrons. The van der Waals surface area contributed by atoms with E-state index >= 15 is 0 Å². The van der Waals surface area contributed by atoms with Crippen LogP contribution in [0.25, 0.3) is 10.8 Å². The smallest absolute Gasteiger partial charge is 0.251 e. The molecule has 0 saturated heterocycles. The Morgan fingerprint density at radius 1 is 0.915 bits per heavy atom. The predicted molar refractivity (Wildman–Crippen MR) is 185 cm³/mol. The second-order valence-electron chi connectivity index (χ2n) is 11.5. The molecule has 2 amide bonds. The lowest BCUT2D eigenvalue weighted by Gasteiger charge is -2.24. The highest BCUT2D eigenvalue weighted by Gasteiger charge is 2.24. The first-order chi connectivity index (χ1) is 22.9. The molecule has 2 aromatic heterocycles. The normalized spacial score (nSPS) is 12.3. The highest BCUT2D eigenvalue weighted by molar-refractivity contribution is 5.97. The number of hydrogen-bond donors (Lipinski definition) is 4. The first kappa shape index (κ1) is 33.2. The van der Waals surface area contributed by atoms with Gasteiger partial charge in [0.15, 0.2) is 11.6 Å². The number of ether oxygens (including phenoxy) is 1. The third-order valence-corrected chi connectivity index (χ3v) is 8.06. The third-order valence-electron chi connectivity index (χ3n) is 8.06. The summed E-state index contributed by atoms with van der Waals surface area (Å²) in [5, 5.41) is 11.7. The van der Waals surface area contributed by atoms with E-state index in [-0.39, 0.29) is 17.9 Å². The summed E-state index contributed by atoms with van der Waals surface area (Å²) < 4.78 is 5.76. The minimum absolute atomic E-state index is 0.229. The quantitative estimate of drug-likeness (QED) is 0.113. The van der Waals surface area contributed by atoms with Gasteiger partial charge in [0.25, 0.3) is 5.91 Å². The van der Waals surface area contributed by atoms with Crippen molar-refractivity contribution in [2.24, 2.45) is 0 Å². The van der Waals surface area contributed by atoms with Crippen LogP contribution in [0.3, 0.4) is 0 Å². The number of nitrogens with one attached hydrogen (secondary N) is 4. The first-order valence-electron chi connectivity index (χ1n) is 16.1. The maximum Gasteiger partial charge on any atom is 0.251 e. The largest absolute Gasteiger partial charge is 0.490 e. The Morgan fingerprint density at radius 2 is 1.72 bits per heavy atom. The van der Waals surface area contributed by atoms with E-state index in [1.54, 1.807) is 30.7 Å². The van der Waals surface area contributed by atoms with Gasteiger partial charge in [0.2, 0.25) is 5.91 Å². The summed E-state index contributed by atoms with van der Waals surface area (Å²) in [6, 6.07) is 24.4. The fraction of sp³-hybridized carbons (Fsp3) is 0.297. The van der Waals surface area contributed by atoms with Crippen LogP contribution in [0.1, 0.15) is 60.0 Å². The molecule has 47 heavy (non-hydrogen) atoms. The van der Waals surface area contributed by atoms with Gasteiger partial charge in [-0.1, -0.05) is 54.6 Å². The molecule has 0 bridgehead atoms. The molecule has 0 fully saturated rings. The summed E-state index contributed by atoms with van der Waals surface area (Å²) in [7, 11) is 1.95. The van der Waals surface area contributed by atoms with Crippen LogP contribution in [0.2, 0.25) is 0 Å². The van der Waals surface area contributed by atoms with Crippen molar-refractivity contribution in [3.05, 3.63) is 120 Å². The maximum absolute atomic E-state index is 13.8. The molecular formula is C37H43N7O3. The zero-order chi connectivity index (χ0) is 33.0. The summed E-state index contributed by atoms with van der Waals surface area (Å²) >= 11 is 0. The Balaban J connectivity index is 1.25. The molecule has 4 N–H and O–H groups in total. The molecular weight excluding hydrogens is 590 g/mol. The monoisotopic (exact) mass is 633 g/mol. The summed E-state index contributed by atoms with van der Waals surface area (Å²) in [5.41, 5.74) is 2.55. The van der Waals surface area contributed by atoms with Crippen molar-refractivity contribution in [1.29, 1.82) is 0 Å². The van der Waals surface area contributed by atoms with E-state index in [1.165, 1.54) is 0 Å². The van der Waals surface area contributed by atoms with E-state index in [4.69, 9.17) is 4.74 Å². The van der Waals surface area contributed by atoms with Gasteiger partial charge >= 0.3 is 0 Å². The molecule has 3 aromatic carbocycles. The van der Waals surface area contributed by atoms with Crippen molar-refractivity contribution < 1.29 is 14.3 Å². The Kier molecular flexibility index (Phi) is 11.5. The van der Waals surface area contributed by atoms with E-state index in [1.807, 2.05) is 74.3 Å². The van der Waals surface area contributed by atoms with Crippen LogP contribution < -0.4 is 25.6 Å². The van der Waals surface area contributed by atoms with Gasteiger partial charge in [-0.3, -0.25) is 9.59 Å². The number of hydrogen-bond acceptors (Lipinski definition) is 7. The Labute approximate surface area is 276 Å². The van der Waals surface area contributed by atoms with E-state index < -0.39 is 6.04 Å². The number of carbonyl (C=O) groups excluding carboxylic acids is 2. The minimum Gasteiger partial charge on any atom is -0.490 e. The predicted octanol–water partition coefficient (Wildman–Crippen LogP) is 5.54. The Morgan fingerprint density at radius 3 is 2.51 bits per heavy atom. The van der Waals surface area contributed by atoms with Crippen molar-refractivity contribution in [3.63, 3.8) is 0 Å². The minimum atomic E-state index is -0.738. The number of anilines is 1. The van der Waals surface area contributed by atoms with Crippen LogP contribution >= 0.6 is 0 Å². The molecule has 2 heterocycles. The molecule has 5 rings (SSSR count). The van der Waals surface area contributed by atoms with Crippen LogP contribution in [0.5, 0.6) is 5.75 Å². The summed E-state index contributed by atoms with van der Waals surface area (Å²) in [5.74, 6) is 1.79. The summed E-state index contributed by atoms with van der Waals surface area (Å²) in [6.45, 7) is 6.32. The SMILES string of the molecule is CCOc1cccnc1N(C)CCC[C@H](NC(=O)c1ccc(CNCc2ncc[nH]2)cc1)C(=O)N[C@@H](C)c1cccc2ccccc12. The van der Waals surface area contributed by atoms with Gasteiger partial charge in [-0.2, -0.15) is 0 Å². The van der Waals surface area contributed by atoms with Gasteiger partial charge in [0.1, 0.15) is 11.9 Å². The fourth-order valence-electron chi connectivity index (χ4n) is 5.60. The molecule has 0 radical (unpaired) electrons. The highest BCUT2D eigenvalue weighted by atomic mass is 16.5. The number of nitrogens with zero attached hydrogens (tertiary/aromatic N) is 3. The Bertz CT molecular complexity index is 1740. The van der Waals surface area contributed by atoms with Crippen LogP contribution in [0.15, 0.2) is 97.5 Å². The lowest BCUT2D eigenvalue weighted by molar-refractivity contribution is -0.123. The number of imidazole rings is 1. The van der Waals surface area contributed by atoms with E-state index in [9.17, 15) is 9.59 Å². The Hall–Kier alpha value is -5.22. The van der Waals surface area contributed by atoms with Crippen LogP contribution in [-0.4, -0.2) is 53.0 Å². The number of amides is 2. The topological polar surface area (TPSA) is 124 Å². The molecule has 0 saturated carbocycles.